The molecule has 2 amide bonds. The van der Waals surface area contributed by atoms with E-state index in [1.54, 1.807) is 4.90 Å². The SMILES string of the molecule is Cc1cc(Nc2cccc([C@@H]3CCCN(C(=O)[C@@H]4CCCCN4C(=O)OC(C)(C)C)C3)n2)n[nH]1. The Morgan fingerprint density at radius 1 is 1.12 bits per heavy atom. The summed E-state index contributed by atoms with van der Waals surface area (Å²) in [6.45, 7) is 9.38. The molecule has 0 aromatic carbocycles. The fraction of sp³-hybridized carbons (Fsp3) is 0.600. The maximum absolute atomic E-state index is 13.6. The number of likely N-dealkylation sites (tertiary alicyclic amines) is 2. The monoisotopic (exact) mass is 468 g/mol. The third-order valence-corrected chi connectivity index (χ3v) is 6.30. The van der Waals surface area contributed by atoms with Gasteiger partial charge in [0.25, 0.3) is 0 Å². The average Bonchev–Trinajstić information content (AvgIpc) is 3.22. The normalized spacial score (nSPS) is 21.3. The van der Waals surface area contributed by atoms with Gasteiger partial charge in [0.2, 0.25) is 5.91 Å². The summed E-state index contributed by atoms with van der Waals surface area (Å²) in [4.78, 5) is 34.7. The van der Waals surface area contributed by atoms with Crippen LogP contribution in [0.3, 0.4) is 0 Å². The zero-order valence-electron chi connectivity index (χ0n) is 20.6. The Labute approximate surface area is 201 Å². The Morgan fingerprint density at radius 2 is 1.94 bits per heavy atom. The number of pyridine rings is 1. The Morgan fingerprint density at radius 3 is 2.68 bits per heavy atom. The molecule has 184 valence electrons. The Kier molecular flexibility index (Phi) is 7.09. The van der Waals surface area contributed by atoms with Crippen LogP contribution in [0.2, 0.25) is 0 Å². The van der Waals surface area contributed by atoms with E-state index in [1.165, 1.54) is 0 Å². The number of H-pyrrole nitrogens is 1. The highest BCUT2D eigenvalue weighted by Gasteiger charge is 2.38. The number of anilines is 2. The quantitative estimate of drug-likeness (QED) is 0.691. The highest BCUT2D eigenvalue weighted by Crippen LogP contribution is 2.29. The third-order valence-electron chi connectivity index (χ3n) is 6.30. The predicted molar refractivity (Wildman–Crippen MR) is 130 cm³/mol. The van der Waals surface area contributed by atoms with Crippen molar-refractivity contribution >= 4 is 23.6 Å². The largest absolute Gasteiger partial charge is 0.444 e. The molecule has 2 aliphatic rings. The van der Waals surface area contributed by atoms with Crippen LogP contribution in [0.25, 0.3) is 0 Å². The van der Waals surface area contributed by atoms with E-state index in [-0.39, 0.29) is 11.8 Å². The number of hydrogen-bond donors (Lipinski definition) is 2. The summed E-state index contributed by atoms with van der Waals surface area (Å²) in [5.41, 5.74) is 1.35. The first kappa shape index (κ1) is 24.0. The minimum Gasteiger partial charge on any atom is -0.444 e. The van der Waals surface area contributed by atoms with Crippen molar-refractivity contribution in [3.8, 4) is 0 Å². The second-order valence-electron chi connectivity index (χ2n) is 10.3. The number of nitrogens with one attached hydrogen (secondary N) is 2. The molecule has 0 radical (unpaired) electrons. The number of carbonyl (C=O) groups is 2. The van der Waals surface area contributed by atoms with Gasteiger partial charge in [-0.3, -0.25) is 14.8 Å². The molecule has 4 rings (SSSR count). The fourth-order valence-corrected chi connectivity index (χ4v) is 4.72. The standard InChI is InChI=1S/C25H36N6O3/c1-17-15-22(29-28-17)27-21-12-7-10-19(26-21)18-9-8-13-30(16-18)23(32)20-11-5-6-14-31(20)24(33)34-25(2,3)4/h7,10,12,15,18,20H,5-6,8-9,11,13-14,16H2,1-4H3,(H2,26,27,28,29)/t18-,20+/m1/s1. The molecule has 4 heterocycles. The smallest absolute Gasteiger partial charge is 0.410 e. The van der Waals surface area contributed by atoms with Crippen molar-refractivity contribution in [2.24, 2.45) is 0 Å². The summed E-state index contributed by atoms with van der Waals surface area (Å²) < 4.78 is 5.59. The number of carbonyl (C=O) groups excluding carboxylic acids is 2. The Bertz CT molecular complexity index is 1010. The molecular weight excluding hydrogens is 432 g/mol. The van der Waals surface area contributed by atoms with Crippen molar-refractivity contribution < 1.29 is 14.3 Å². The number of hydrogen-bond acceptors (Lipinski definition) is 6. The van der Waals surface area contributed by atoms with E-state index >= 15 is 0 Å². The summed E-state index contributed by atoms with van der Waals surface area (Å²) >= 11 is 0. The second-order valence-corrected chi connectivity index (χ2v) is 10.3. The first-order valence-corrected chi connectivity index (χ1v) is 12.2. The number of rotatable bonds is 4. The maximum atomic E-state index is 13.6. The highest BCUT2D eigenvalue weighted by atomic mass is 16.6. The number of aryl methyl sites for hydroxylation is 1. The summed E-state index contributed by atoms with van der Waals surface area (Å²) in [6.07, 6.45) is 4.00. The van der Waals surface area contributed by atoms with Crippen LogP contribution in [-0.4, -0.2) is 68.3 Å². The van der Waals surface area contributed by atoms with Gasteiger partial charge in [-0.2, -0.15) is 5.10 Å². The van der Waals surface area contributed by atoms with Gasteiger partial charge in [0.15, 0.2) is 5.82 Å². The van der Waals surface area contributed by atoms with Gasteiger partial charge in [-0.15, -0.1) is 0 Å². The average molecular weight is 469 g/mol. The Hall–Kier alpha value is -3.10. The molecule has 0 saturated carbocycles. The second kappa shape index (κ2) is 10.0. The summed E-state index contributed by atoms with van der Waals surface area (Å²) in [5.74, 6) is 1.63. The first-order chi connectivity index (χ1) is 16.2. The predicted octanol–water partition coefficient (Wildman–Crippen LogP) is 4.35. The van der Waals surface area contributed by atoms with Crippen LogP contribution in [-0.2, 0) is 9.53 Å². The topological polar surface area (TPSA) is 103 Å². The van der Waals surface area contributed by atoms with Crippen molar-refractivity contribution in [2.75, 3.05) is 25.0 Å². The van der Waals surface area contributed by atoms with E-state index in [0.717, 1.165) is 48.7 Å². The molecule has 0 spiro atoms. The Balaban J connectivity index is 1.44. The van der Waals surface area contributed by atoms with E-state index in [9.17, 15) is 9.59 Å². The van der Waals surface area contributed by atoms with Crippen LogP contribution in [0, 0.1) is 6.92 Å². The minimum absolute atomic E-state index is 0.0246. The van der Waals surface area contributed by atoms with Gasteiger partial charge in [-0.25, -0.2) is 9.78 Å². The molecule has 2 atom stereocenters. The van der Waals surface area contributed by atoms with Gasteiger partial charge >= 0.3 is 6.09 Å². The molecular formula is C25H36N6O3. The molecule has 0 bridgehead atoms. The zero-order valence-corrected chi connectivity index (χ0v) is 20.6. The highest BCUT2D eigenvalue weighted by molar-refractivity contribution is 5.86. The number of amides is 2. The lowest BCUT2D eigenvalue weighted by Gasteiger charge is -2.40. The molecule has 2 saturated heterocycles. The van der Waals surface area contributed by atoms with Crippen molar-refractivity contribution in [3.05, 3.63) is 35.7 Å². The zero-order chi connectivity index (χ0) is 24.3. The molecule has 34 heavy (non-hydrogen) atoms. The molecule has 0 unspecified atom stereocenters. The van der Waals surface area contributed by atoms with Gasteiger partial charge in [-0.1, -0.05) is 6.07 Å². The van der Waals surface area contributed by atoms with Crippen LogP contribution in [0.1, 0.15) is 70.2 Å². The van der Waals surface area contributed by atoms with E-state index in [2.05, 4.69) is 15.5 Å². The number of aromatic amines is 1. The van der Waals surface area contributed by atoms with E-state index < -0.39 is 17.7 Å². The van der Waals surface area contributed by atoms with Crippen LogP contribution in [0.5, 0.6) is 0 Å². The molecule has 2 aromatic rings. The minimum atomic E-state index is -0.586. The molecule has 2 fully saturated rings. The molecule has 2 N–H and O–H groups in total. The fourth-order valence-electron chi connectivity index (χ4n) is 4.72. The van der Waals surface area contributed by atoms with Gasteiger partial charge in [0, 0.05) is 43.0 Å². The third kappa shape index (κ3) is 5.87. The van der Waals surface area contributed by atoms with Crippen molar-refractivity contribution in [3.63, 3.8) is 0 Å². The van der Waals surface area contributed by atoms with Gasteiger partial charge in [-0.05, 0) is 71.9 Å². The van der Waals surface area contributed by atoms with Gasteiger partial charge < -0.3 is 15.0 Å². The lowest BCUT2D eigenvalue weighted by atomic mass is 9.92. The van der Waals surface area contributed by atoms with Crippen LogP contribution in [0.4, 0.5) is 16.4 Å². The molecule has 0 aliphatic carbocycles. The van der Waals surface area contributed by atoms with Crippen LogP contribution >= 0.6 is 0 Å². The summed E-state index contributed by atoms with van der Waals surface area (Å²) in [6, 6.07) is 7.39. The molecule has 2 aromatic heterocycles. The number of piperidine rings is 2. The number of nitrogens with zero attached hydrogens (tertiary/aromatic N) is 4. The summed E-state index contributed by atoms with van der Waals surface area (Å²) in [5, 5.41) is 10.4. The summed E-state index contributed by atoms with van der Waals surface area (Å²) in [7, 11) is 0. The number of ether oxygens (including phenoxy) is 1. The van der Waals surface area contributed by atoms with Crippen molar-refractivity contribution in [2.45, 2.75) is 77.4 Å². The molecule has 9 nitrogen and oxygen atoms in total. The van der Waals surface area contributed by atoms with Crippen molar-refractivity contribution in [1.82, 2.24) is 25.0 Å². The van der Waals surface area contributed by atoms with Crippen LogP contribution in [0.15, 0.2) is 24.3 Å². The van der Waals surface area contributed by atoms with E-state index in [0.29, 0.717) is 26.1 Å². The van der Waals surface area contributed by atoms with Gasteiger partial charge in [0.05, 0.1) is 0 Å². The first-order valence-electron chi connectivity index (χ1n) is 12.2. The molecule has 9 heteroatoms. The van der Waals surface area contributed by atoms with E-state index in [1.807, 2.05) is 56.9 Å². The van der Waals surface area contributed by atoms with Crippen molar-refractivity contribution in [1.29, 1.82) is 0 Å². The van der Waals surface area contributed by atoms with Crippen LogP contribution < -0.4 is 5.32 Å². The lowest BCUT2D eigenvalue weighted by molar-refractivity contribution is -0.139. The number of aromatic nitrogens is 3. The molecule has 2 aliphatic heterocycles. The maximum Gasteiger partial charge on any atom is 0.410 e. The van der Waals surface area contributed by atoms with Gasteiger partial charge in [0.1, 0.15) is 17.5 Å². The lowest BCUT2D eigenvalue weighted by Crippen LogP contribution is -2.55. The van der Waals surface area contributed by atoms with E-state index in [4.69, 9.17) is 9.72 Å².